The smallest absolute Gasteiger partial charge is 0.230 e. The number of hydrogen-bond donors (Lipinski definition) is 2. The van der Waals surface area contributed by atoms with Crippen LogP contribution in [0.25, 0.3) is 0 Å². The molecule has 0 aliphatic carbocycles. The van der Waals surface area contributed by atoms with Crippen LogP contribution in [-0.2, 0) is 11.2 Å². The van der Waals surface area contributed by atoms with E-state index in [2.05, 4.69) is 58.1 Å². The molecule has 0 fully saturated rings. The van der Waals surface area contributed by atoms with Crippen LogP contribution in [0.15, 0.2) is 43.9 Å². The summed E-state index contributed by atoms with van der Waals surface area (Å²) >= 11 is 10.2. The number of nitrogens with zero attached hydrogens (tertiary/aromatic N) is 1. The maximum absolute atomic E-state index is 12.0. The summed E-state index contributed by atoms with van der Waals surface area (Å²) in [7, 11) is 0. The first kappa shape index (κ1) is 15.5. The second-order valence-corrected chi connectivity index (χ2v) is 6.68. The number of carbonyl (C=O) groups is 1. The van der Waals surface area contributed by atoms with E-state index in [1.807, 2.05) is 12.1 Å². The number of halogens is 3. The normalized spacial score (nSPS) is 10.3. The molecule has 1 aromatic heterocycles. The summed E-state index contributed by atoms with van der Waals surface area (Å²) in [6, 6.07) is 7.19. The Labute approximate surface area is 141 Å². The molecule has 4 nitrogen and oxygen atoms in total. The second kappa shape index (κ2) is 6.69. The van der Waals surface area contributed by atoms with E-state index < -0.39 is 0 Å². The van der Waals surface area contributed by atoms with Gasteiger partial charge in [-0.3, -0.25) is 9.78 Å². The lowest BCUT2D eigenvalue weighted by molar-refractivity contribution is -0.115. The van der Waals surface area contributed by atoms with E-state index >= 15 is 0 Å². The molecular weight excluding hydrogens is 454 g/mol. The number of nitrogen functional groups attached to an aromatic ring is 1. The van der Waals surface area contributed by atoms with E-state index in [0.29, 0.717) is 17.1 Å². The molecule has 2 rings (SSSR count). The van der Waals surface area contributed by atoms with Gasteiger partial charge in [-0.1, -0.05) is 15.9 Å². The predicted octanol–water partition coefficient (Wildman–Crippen LogP) is 4.13. The number of nitrogens with two attached hydrogens (primary N) is 1. The molecule has 0 saturated heterocycles. The van der Waals surface area contributed by atoms with Crippen LogP contribution in [0.4, 0.5) is 11.4 Å². The molecule has 0 bridgehead atoms. The summed E-state index contributed by atoms with van der Waals surface area (Å²) < 4.78 is 2.49. The van der Waals surface area contributed by atoms with Crippen LogP contribution < -0.4 is 11.1 Å². The maximum Gasteiger partial charge on any atom is 0.230 e. The number of nitrogens with one attached hydrogen (secondary N) is 1. The largest absolute Gasteiger partial charge is 0.397 e. The second-order valence-electron chi connectivity index (χ2n) is 4.05. The lowest BCUT2D eigenvalue weighted by Crippen LogP contribution is -2.16. The summed E-state index contributed by atoms with van der Waals surface area (Å²) in [5, 5.41) is 2.84. The van der Waals surface area contributed by atoms with E-state index in [1.165, 1.54) is 6.20 Å². The van der Waals surface area contributed by atoms with Crippen molar-refractivity contribution in [2.45, 2.75) is 6.42 Å². The van der Waals surface area contributed by atoms with Crippen molar-refractivity contribution in [2.24, 2.45) is 0 Å². The lowest BCUT2D eigenvalue weighted by Gasteiger charge is -2.10. The molecule has 7 heteroatoms. The minimum atomic E-state index is -0.147. The fraction of sp³-hybridized carbons (Fsp3) is 0.0769. The van der Waals surface area contributed by atoms with Crippen molar-refractivity contribution >= 4 is 65.1 Å². The van der Waals surface area contributed by atoms with Gasteiger partial charge < -0.3 is 11.1 Å². The van der Waals surface area contributed by atoms with Gasteiger partial charge in [-0.2, -0.15) is 0 Å². The third kappa shape index (κ3) is 4.04. The Hall–Kier alpha value is -0.920. The van der Waals surface area contributed by atoms with Crippen molar-refractivity contribution in [1.82, 2.24) is 4.98 Å². The van der Waals surface area contributed by atoms with Gasteiger partial charge in [0.1, 0.15) is 0 Å². The standard InChI is InChI=1S/C13H10Br3N3O/c14-7-3-10(15)13(11(16)4-7)19-12(20)5-9-2-1-8(17)6-18-9/h1-4,6H,5,17H2,(H,19,20). The fourth-order valence-corrected chi connectivity index (χ4v) is 4.01. The van der Waals surface area contributed by atoms with E-state index in [1.54, 1.807) is 12.1 Å². The Kier molecular flexibility index (Phi) is 5.17. The Morgan fingerprint density at radius 3 is 2.40 bits per heavy atom. The lowest BCUT2D eigenvalue weighted by atomic mass is 10.2. The highest BCUT2D eigenvalue weighted by atomic mass is 79.9. The van der Waals surface area contributed by atoms with Gasteiger partial charge in [-0.15, -0.1) is 0 Å². The van der Waals surface area contributed by atoms with Crippen LogP contribution >= 0.6 is 47.8 Å². The molecule has 0 aliphatic heterocycles. The Morgan fingerprint density at radius 2 is 1.85 bits per heavy atom. The molecule has 0 saturated carbocycles. The van der Waals surface area contributed by atoms with Gasteiger partial charge >= 0.3 is 0 Å². The van der Waals surface area contributed by atoms with E-state index in [4.69, 9.17) is 5.73 Å². The molecule has 1 aromatic carbocycles. The average Bonchev–Trinajstić information content (AvgIpc) is 2.36. The highest BCUT2D eigenvalue weighted by Gasteiger charge is 2.11. The third-order valence-corrected chi connectivity index (χ3v) is 4.17. The Bertz CT molecular complexity index is 621. The van der Waals surface area contributed by atoms with Crippen LogP contribution in [0.3, 0.4) is 0 Å². The minimum Gasteiger partial charge on any atom is -0.397 e. The first-order valence-corrected chi connectivity index (χ1v) is 7.98. The molecular formula is C13H10Br3N3O. The maximum atomic E-state index is 12.0. The Morgan fingerprint density at radius 1 is 1.20 bits per heavy atom. The van der Waals surface area contributed by atoms with Crippen LogP contribution in [0.2, 0.25) is 0 Å². The number of rotatable bonds is 3. The molecule has 0 aliphatic rings. The van der Waals surface area contributed by atoms with Gasteiger partial charge in [0.05, 0.1) is 24.0 Å². The molecule has 104 valence electrons. The van der Waals surface area contributed by atoms with Crippen LogP contribution in [-0.4, -0.2) is 10.9 Å². The molecule has 2 aromatic rings. The van der Waals surface area contributed by atoms with Crippen molar-refractivity contribution in [3.8, 4) is 0 Å². The third-order valence-electron chi connectivity index (χ3n) is 2.46. The molecule has 0 spiro atoms. The minimum absolute atomic E-state index is 0.147. The highest BCUT2D eigenvalue weighted by molar-refractivity contribution is 9.11. The number of amides is 1. The van der Waals surface area contributed by atoms with Crippen LogP contribution in [0, 0.1) is 0 Å². The van der Waals surface area contributed by atoms with Gasteiger partial charge in [0.15, 0.2) is 0 Å². The molecule has 0 radical (unpaired) electrons. The van der Waals surface area contributed by atoms with Gasteiger partial charge in [0.2, 0.25) is 5.91 Å². The molecule has 1 amide bonds. The molecule has 3 N–H and O–H groups in total. The van der Waals surface area contributed by atoms with Crippen molar-refractivity contribution in [1.29, 1.82) is 0 Å². The number of aromatic nitrogens is 1. The van der Waals surface area contributed by atoms with Crippen molar-refractivity contribution in [2.75, 3.05) is 11.1 Å². The van der Waals surface area contributed by atoms with Gasteiger partial charge in [0, 0.05) is 19.1 Å². The zero-order chi connectivity index (χ0) is 14.7. The molecule has 0 unspecified atom stereocenters. The molecule has 20 heavy (non-hydrogen) atoms. The van der Waals surface area contributed by atoms with Crippen molar-refractivity contribution < 1.29 is 4.79 Å². The van der Waals surface area contributed by atoms with Crippen molar-refractivity contribution in [3.63, 3.8) is 0 Å². The number of benzene rings is 1. The number of carbonyl (C=O) groups excluding carboxylic acids is 1. The van der Waals surface area contributed by atoms with Gasteiger partial charge in [-0.25, -0.2) is 0 Å². The topological polar surface area (TPSA) is 68.0 Å². The van der Waals surface area contributed by atoms with E-state index in [0.717, 1.165) is 13.4 Å². The molecule has 1 heterocycles. The monoisotopic (exact) mass is 461 g/mol. The highest BCUT2D eigenvalue weighted by Crippen LogP contribution is 2.34. The number of hydrogen-bond acceptors (Lipinski definition) is 3. The zero-order valence-corrected chi connectivity index (χ0v) is 14.9. The average molecular weight is 464 g/mol. The molecule has 0 atom stereocenters. The first-order chi connectivity index (χ1) is 9.45. The SMILES string of the molecule is Nc1ccc(CC(=O)Nc2c(Br)cc(Br)cc2Br)nc1. The zero-order valence-electron chi connectivity index (χ0n) is 10.2. The summed E-state index contributed by atoms with van der Waals surface area (Å²) in [5.74, 6) is -0.147. The van der Waals surface area contributed by atoms with Gasteiger partial charge in [0.25, 0.3) is 0 Å². The summed E-state index contributed by atoms with van der Waals surface area (Å²) in [4.78, 5) is 16.1. The quantitative estimate of drug-likeness (QED) is 0.719. The predicted molar refractivity (Wildman–Crippen MR) is 90.5 cm³/mol. The Balaban J connectivity index is 2.10. The van der Waals surface area contributed by atoms with Crippen molar-refractivity contribution in [3.05, 3.63) is 49.6 Å². The van der Waals surface area contributed by atoms with Gasteiger partial charge in [-0.05, 0) is 56.1 Å². The fourth-order valence-electron chi connectivity index (χ4n) is 1.55. The number of pyridine rings is 1. The van der Waals surface area contributed by atoms with Crippen LogP contribution in [0.5, 0.6) is 0 Å². The first-order valence-electron chi connectivity index (χ1n) is 5.60. The summed E-state index contributed by atoms with van der Waals surface area (Å²) in [5.41, 5.74) is 7.49. The van der Waals surface area contributed by atoms with E-state index in [-0.39, 0.29) is 12.3 Å². The number of anilines is 2. The van der Waals surface area contributed by atoms with Crippen LogP contribution in [0.1, 0.15) is 5.69 Å². The summed E-state index contributed by atoms with van der Waals surface area (Å²) in [6.07, 6.45) is 1.73. The summed E-state index contributed by atoms with van der Waals surface area (Å²) in [6.45, 7) is 0. The van der Waals surface area contributed by atoms with E-state index in [9.17, 15) is 4.79 Å².